The van der Waals surface area contributed by atoms with Crippen LogP contribution in [0.5, 0.6) is 0 Å². The highest BCUT2D eigenvalue weighted by atomic mass is 15.0. The first kappa shape index (κ1) is 41.9. The molecule has 2 heteroatoms. The van der Waals surface area contributed by atoms with E-state index in [9.17, 15) is 0 Å². The van der Waals surface area contributed by atoms with Crippen molar-refractivity contribution in [1.82, 2.24) is 9.13 Å². The molecular weight excluding hydrogens is 893 g/mol. The smallest absolute Gasteiger partial charge is 0.0633 e. The summed E-state index contributed by atoms with van der Waals surface area (Å²) in [7, 11) is 0. The Kier molecular flexibility index (Phi) is 8.45. The van der Waals surface area contributed by atoms with Crippen LogP contribution in [0.2, 0.25) is 0 Å². The van der Waals surface area contributed by atoms with E-state index in [1.807, 2.05) is 0 Å². The van der Waals surface area contributed by atoms with Gasteiger partial charge in [0.15, 0.2) is 0 Å². The molecule has 0 atom stereocenters. The summed E-state index contributed by atoms with van der Waals surface area (Å²) in [6.07, 6.45) is 6.97. The van der Waals surface area contributed by atoms with Gasteiger partial charge in [-0.2, -0.15) is 0 Å². The Hall–Kier alpha value is -8.72. The van der Waals surface area contributed by atoms with Crippen molar-refractivity contribution >= 4 is 81.5 Å². The van der Waals surface area contributed by atoms with Crippen LogP contribution in [0.3, 0.4) is 0 Å². The van der Waals surface area contributed by atoms with Gasteiger partial charge in [-0.05, 0) is 156 Å². The van der Waals surface area contributed by atoms with Gasteiger partial charge in [-0.15, -0.1) is 0 Å². The molecule has 0 aliphatic heterocycles. The molecule has 350 valence electrons. The standard InChI is InChI=1S/C72H52N2/c1-71(2)59-29-17-15-23-49(59)51-35-31-45(41-61(51)71)43-33-37-63-57(39-43)65-53-25-11-13-27-55(53)68-67(69(65)73(63)47-19-7-5-8-20-47)56-28-14-12-26-54(56)66-58-40-44(34-38-64(58)74(70(66)68)48-21-9-6-10-22-48)46-32-36-52-50-24-16-18-30-60(50)72(3,4)62(52)42-46/h5-17,19-29,31-42H,18,30H2,1-4H3. The molecule has 2 heterocycles. The molecule has 3 aliphatic rings. The maximum Gasteiger partial charge on any atom is 0.0633 e. The average Bonchev–Trinajstić information content (AvgIpc) is 4.12. The molecule has 0 N–H and O–H groups in total. The van der Waals surface area contributed by atoms with E-state index in [0.717, 1.165) is 24.2 Å². The largest absolute Gasteiger partial charge is 0.309 e. The number of allylic oxidation sites excluding steroid dienone is 4. The highest BCUT2D eigenvalue weighted by Crippen LogP contribution is 2.54. The minimum Gasteiger partial charge on any atom is -0.309 e. The monoisotopic (exact) mass is 944 g/mol. The van der Waals surface area contributed by atoms with Crippen LogP contribution in [-0.2, 0) is 10.8 Å². The van der Waals surface area contributed by atoms with Crippen molar-refractivity contribution in [1.29, 1.82) is 0 Å². The van der Waals surface area contributed by atoms with Crippen LogP contribution in [0.1, 0.15) is 62.8 Å². The van der Waals surface area contributed by atoms with Gasteiger partial charge < -0.3 is 9.13 Å². The van der Waals surface area contributed by atoms with Gasteiger partial charge in [-0.3, -0.25) is 0 Å². The van der Waals surface area contributed by atoms with Crippen molar-refractivity contribution in [3.05, 3.63) is 246 Å². The van der Waals surface area contributed by atoms with E-state index in [2.05, 4.69) is 255 Å². The summed E-state index contributed by atoms with van der Waals surface area (Å²) in [5, 5.41) is 12.7. The molecule has 11 aromatic carbocycles. The number of fused-ring (bicyclic) bond motifs is 20. The number of rotatable bonds is 4. The molecule has 0 spiro atoms. The van der Waals surface area contributed by atoms with E-state index >= 15 is 0 Å². The Labute approximate surface area is 430 Å². The lowest BCUT2D eigenvalue weighted by Gasteiger charge is -2.26. The minimum atomic E-state index is -0.0886. The molecule has 0 amide bonds. The first-order chi connectivity index (χ1) is 36.3. The normalized spacial score (nSPS) is 15.3. The fourth-order valence-electron chi connectivity index (χ4n) is 14.3. The van der Waals surface area contributed by atoms with E-state index in [4.69, 9.17) is 0 Å². The third kappa shape index (κ3) is 5.50. The van der Waals surface area contributed by atoms with Crippen LogP contribution in [0.15, 0.2) is 224 Å². The first-order valence-electron chi connectivity index (χ1n) is 26.5. The third-order valence-corrected chi connectivity index (χ3v) is 17.8. The molecule has 0 bridgehead atoms. The molecule has 0 saturated carbocycles. The molecule has 16 rings (SSSR count). The topological polar surface area (TPSA) is 9.86 Å². The van der Waals surface area contributed by atoms with Gasteiger partial charge in [0.25, 0.3) is 0 Å². The zero-order valence-corrected chi connectivity index (χ0v) is 42.1. The van der Waals surface area contributed by atoms with Crippen molar-refractivity contribution in [3.8, 4) is 44.8 Å². The molecule has 13 aromatic rings. The van der Waals surface area contributed by atoms with Gasteiger partial charge >= 0.3 is 0 Å². The second-order valence-electron chi connectivity index (χ2n) is 22.2. The fraction of sp³-hybridized carbons (Fsp3) is 0.111. The molecule has 3 aliphatic carbocycles. The van der Waals surface area contributed by atoms with Crippen LogP contribution < -0.4 is 0 Å². The Morgan fingerprint density at radius 1 is 0.351 bits per heavy atom. The van der Waals surface area contributed by atoms with Gasteiger partial charge in [0.05, 0.1) is 22.1 Å². The lowest BCUT2D eigenvalue weighted by molar-refractivity contribution is 0.607. The molecule has 0 unspecified atom stereocenters. The number of benzene rings is 11. The predicted molar refractivity (Wildman–Crippen MR) is 314 cm³/mol. The Balaban J connectivity index is 1.03. The molecule has 0 fully saturated rings. The van der Waals surface area contributed by atoms with E-state index in [1.54, 1.807) is 5.57 Å². The molecular formula is C72H52N2. The highest BCUT2D eigenvalue weighted by molar-refractivity contribution is 6.44. The van der Waals surface area contributed by atoms with Crippen LogP contribution in [0.25, 0.3) is 126 Å². The summed E-state index contributed by atoms with van der Waals surface area (Å²) in [6, 6.07) is 78.4. The van der Waals surface area contributed by atoms with Crippen LogP contribution >= 0.6 is 0 Å². The molecule has 2 aromatic heterocycles. The van der Waals surface area contributed by atoms with Crippen molar-refractivity contribution in [2.75, 3.05) is 0 Å². The first-order valence-corrected chi connectivity index (χ1v) is 26.5. The fourth-order valence-corrected chi connectivity index (χ4v) is 14.3. The van der Waals surface area contributed by atoms with Crippen molar-refractivity contribution in [3.63, 3.8) is 0 Å². The zero-order chi connectivity index (χ0) is 49.2. The van der Waals surface area contributed by atoms with E-state index in [0.29, 0.717) is 0 Å². The van der Waals surface area contributed by atoms with Crippen molar-refractivity contribution in [2.45, 2.75) is 51.4 Å². The Morgan fingerprint density at radius 3 is 1.34 bits per heavy atom. The van der Waals surface area contributed by atoms with Gasteiger partial charge in [-0.1, -0.05) is 191 Å². The van der Waals surface area contributed by atoms with E-state index in [1.165, 1.54) is 137 Å². The summed E-state index contributed by atoms with van der Waals surface area (Å²) in [5.41, 5.74) is 23.4. The summed E-state index contributed by atoms with van der Waals surface area (Å²) < 4.78 is 5.13. The Morgan fingerprint density at radius 2 is 0.784 bits per heavy atom. The molecule has 0 saturated heterocycles. The average molecular weight is 945 g/mol. The second kappa shape index (κ2) is 14.9. The third-order valence-electron chi connectivity index (χ3n) is 17.8. The summed E-state index contributed by atoms with van der Waals surface area (Å²) in [5.74, 6) is 0. The van der Waals surface area contributed by atoms with Crippen LogP contribution in [0.4, 0.5) is 0 Å². The lowest BCUT2D eigenvalue weighted by Crippen LogP contribution is -2.17. The van der Waals surface area contributed by atoms with Gasteiger partial charge in [0, 0.05) is 54.5 Å². The number of para-hydroxylation sites is 2. The SMILES string of the molecule is CC1(C)C2=C(C=CCC2)c2ccc(-c3ccc4c(c3)c3c5ccccc5c5c(c6ccccc6c6c7cc(-c8ccc9c(c8)C(C)(C)c8ccccc8-9)ccc7n(-c7ccccc7)c65)c3n4-c3ccccc3)cc21. The quantitative estimate of drug-likeness (QED) is 0.156. The number of aromatic nitrogens is 2. The number of hydrogen-bond donors (Lipinski definition) is 0. The molecule has 2 nitrogen and oxygen atoms in total. The van der Waals surface area contributed by atoms with Gasteiger partial charge in [0.1, 0.15) is 0 Å². The molecule has 0 radical (unpaired) electrons. The van der Waals surface area contributed by atoms with Crippen molar-refractivity contribution < 1.29 is 0 Å². The Bertz CT molecular complexity index is 4680. The highest BCUT2D eigenvalue weighted by Gasteiger charge is 2.38. The maximum absolute atomic E-state index is 2.57. The van der Waals surface area contributed by atoms with E-state index in [-0.39, 0.29) is 10.8 Å². The minimum absolute atomic E-state index is 0.00380. The van der Waals surface area contributed by atoms with Crippen LogP contribution in [0, 0.1) is 0 Å². The maximum atomic E-state index is 2.57. The van der Waals surface area contributed by atoms with Gasteiger partial charge in [0.2, 0.25) is 0 Å². The zero-order valence-electron chi connectivity index (χ0n) is 42.1. The van der Waals surface area contributed by atoms with Crippen LogP contribution in [-0.4, -0.2) is 9.13 Å². The number of nitrogens with zero attached hydrogens (tertiary/aromatic N) is 2. The number of hydrogen-bond acceptors (Lipinski definition) is 0. The van der Waals surface area contributed by atoms with Gasteiger partial charge in [-0.25, -0.2) is 0 Å². The summed E-state index contributed by atoms with van der Waals surface area (Å²) in [6.45, 7) is 9.61. The van der Waals surface area contributed by atoms with Crippen molar-refractivity contribution in [2.24, 2.45) is 0 Å². The van der Waals surface area contributed by atoms with E-state index < -0.39 is 0 Å². The summed E-state index contributed by atoms with van der Waals surface area (Å²) >= 11 is 0. The lowest BCUT2D eigenvalue weighted by atomic mass is 9.78. The molecule has 74 heavy (non-hydrogen) atoms. The summed E-state index contributed by atoms with van der Waals surface area (Å²) in [4.78, 5) is 0. The predicted octanol–water partition coefficient (Wildman–Crippen LogP) is 19.4. The second-order valence-corrected chi connectivity index (χ2v) is 22.2.